The summed E-state index contributed by atoms with van der Waals surface area (Å²) >= 11 is 1.54. The number of carbonyl (C=O) groups is 3. The van der Waals surface area contributed by atoms with Crippen molar-refractivity contribution < 1.29 is 19.1 Å². The number of nitrogens with one attached hydrogen (secondary N) is 1. The SMILES string of the molecule is CC(=O)c1ccc(OCC(=O)N2CSCC2C(=O)Nc2ccc(C)c(C)c2)cc1. The van der Waals surface area contributed by atoms with Gasteiger partial charge >= 0.3 is 0 Å². The van der Waals surface area contributed by atoms with Crippen molar-refractivity contribution in [2.45, 2.75) is 26.8 Å². The number of anilines is 1. The fourth-order valence-corrected chi connectivity index (χ4v) is 4.14. The quantitative estimate of drug-likeness (QED) is 0.736. The minimum absolute atomic E-state index is 0.0284. The number of nitrogens with zero attached hydrogens (tertiary/aromatic N) is 1. The van der Waals surface area contributed by atoms with Crippen LogP contribution in [0.15, 0.2) is 42.5 Å². The Balaban J connectivity index is 1.58. The number of benzene rings is 2. The van der Waals surface area contributed by atoms with Gasteiger partial charge in [0, 0.05) is 17.0 Å². The van der Waals surface area contributed by atoms with Crippen molar-refractivity contribution in [1.29, 1.82) is 0 Å². The lowest BCUT2D eigenvalue weighted by molar-refractivity contribution is -0.137. The van der Waals surface area contributed by atoms with Crippen LogP contribution < -0.4 is 10.1 Å². The Labute approximate surface area is 174 Å². The molecule has 1 aliphatic heterocycles. The van der Waals surface area contributed by atoms with Gasteiger partial charge < -0.3 is 15.0 Å². The molecule has 0 bridgehead atoms. The van der Waals surface area contributed by atoms with E-state index in [1.807, 2.05) is 32.0 Å². The first-order chi connectivity index (χ1) is 13.8. The number of Topliss-reactive ketones (excluding diaryl/α,β-unsaturated/α-hetero) is 1. The highest BCUT2D eigenvalue weighted by molar-refractivity contribution is 7.99. The maximum absolute atomic E-state index is 12.7. The van der Waals surface area contributed by atoms with Crippen LogP contribution in [0.4, 0.5) is 5.69 Å². The summed E-state index contributed by atoms with van der Waals surface area (Å²) in [7, 11) is 0. The van der Waals surface area contributed by atoms with Gasteiger partial charge in [-0.25, -0.2) is 0 Å². The highest BCUT2D eigenvalue weighted by Gasteiger charge is 2.34. The molecule has 1 unspecified atom stereocenters. The Morgan fingerprint density at radius 2 is 1.83 bits per heavy atom. The third kappa shape index (κ3) is 5.17. The van der Waals surface area contributed by atoms with Gasteiger partial charge in [-0.3, -0.25) is 14.4 Å². The molecule has 1 heterocycles. The number of amides is 2. The lowest BCUT2D eigenvalue weighted by atomic mass is 10.1. The van der Waals surface area contributed by atoms with E-state index in [9.17, 15) is 14.4 Å². The Hall–Kier alpha value is -2.80. The van der Waals surface area contributed by atoms with Crippen LogP contribution in [0, 0.1) is 13.8 Å². The fraction of sp³-hybridized carbons (Fsp3) is 0.318. The molecule has 0 aromatic heterocycles. The van der Waals surface area contributed by atoms with Crippen LogP contribution in [-0.4, -0.2) is 46.8 Å². The molecule has 7 heteroatoms. The third-order valence-corrected chi connectivity index (χ3v) is 5.92. The molecule has 2 amide bonds. The molecule has 0 radical (unpaired) electrons. The van der Waals surface area contributed by atoms with Gasteiger partial charge in [0.1, 0.15) is 11.8 Å². The van der Waals surface area contributed by atoms with E-state index in [1.54, 1.807) is 40.9 Å². The van der Waals surface area contributed by atoms with Gasteiger partial charge in [-0.2, -0.15) is 0 Å². The van der Waals surface area contributed by atoms with Crippen molar-refractivity contribution in [3.8, 4) is 5.75 Å². The van der Waals surface area contributed by atoms with Gasteiger partial charge in [0.05, 0.1) is 5.88 Å². The van der Waals surface area contributed by atoms with E-state index in [0.29, 0.717) is 22.9 Å². The minimum atomic E-state index is -0.530. The molecule has 1 fully saturated rings. The van der Waals surface area contributed by atoms with Gasteiger partial charge in [-0.1, -0.05) is 6.07 Å². The zero-order chi connectivity index (χ0) is 21.0. The van der Waals surface area contributed by atoms with Crippen molar-refractivity contribution in [2.75, 3.05) is 23.6 Å². The lowest BCUT2D eigenvalue weighted by Crippen LogP contribution is -2.46. The Morgan fingerprint density at radius 3 is 2.48 bits per heavy atom. The molecule has 3 rings (SSSR count). The summed E-state index contributed by atoms with van der Waals surface area (Å²) in [5.74, 6) is 1.04. The summed E-state index contributed by atoms with van der Waals surface area (Å²) in [5.41, 5.74) is 3.57. The molecule has 0 aliphatic carbocycles. The maximum Gasteiger partial charge on any atom is 0.261 e. The molecule has 1 N–H and O–H groups in total. The predicted molar refractivity (Wildman–Crippen MR) is 114 cm³/mol. The second kappa shape index (κ2) is 9.13. The fourth-order valence-electron chi connectivity index (χ4n) is 2.96. The van der Waals surface area contributed by atoms with Crippen LogP contribution in [0.3, 0.4) is 0 Å². The molecule has 1 aliphatic rings. The number of hydrogen-bond acceptors (Lipinski definition) is 5. The number of aryl methyl sites for hydroxylation is 2. The largest absolute Gasteiger partial charge is 0.484 e. The first-order valence-electron chi connectivity index (χ1n) is 9.34. The highest BCUT2D eigenvalue weighted by Crippen LogP contribution is 2.23. The number of ketones is 1. The molecule has 0 spiro atoms. The van der Waals surface area contributed by atoms with E-state index >= 15 is 0 Å². The van der Waals surface area contributed by atoms with Gasteiger partial charge in [-0.15, -0.1) is 11.8 Å². The van der Waals surface area contributed by atoms with Gasteiger partial charge in [0.15, 0.2) is 12.4 Å². The van der Waals surface area contributed by atoms with Gasteiger partial charge in [-0.05, 0) is 68.3 Å². The smallest absolute Gasteiger partial charge is 0.261 e. The number of rotatable bonds is 6. The molecule has 0 saturated carbocycles. The van der Waals surface area contributed by atoms with Crippen molar-refractivity contribution in [3.05, 3.63) is 59.2 Å². The monoisotopic (exact) mass is 412 g/mol. The second-order valence-electron chi connectivity index (χ2n) is 7.04. The Morgan fingerprint density at radius 1 is 1.10 bits per heavy atom. The van der Waals surface area contributed by atoms with Crippen LogP contribution >= 0.6 is 11.8 Å². The Bertz CT molecular complexity index is 927. The van der Waals surface area contributed by atoms with E-state index in [1.165, 1.54) is 6.92 Å². The van der Waals surface area contributed by atoms with Crippen LogP contribution in [0.1, 0.15) is 28.4 Å². The number of thioether (sulfide) groups is 1. The summed E-state index contributed by atoms with van der Waals surface area (Å²) in [6.07, 6.45) is 0. The first kappa shape index (κ1) is 20.9. The van der Waals surface area contributed by atoms with Crippen molar-refractivity contribution in [3.63, 3.8) is 0 Å². The number of ether oxygens (including phenoxy) is 1. The highest BCUT2D eigenvalue weighted by atomic mass is 32.2. The molecule has 152 valence electrons. The Kier molecular flexibility index (Phi) is 6.59. The summed E-state index contributed by atoms with van der Waals surface area (Å²) < 4.78 is 5.55. The predicted octanol–water partition coefficient (Wildman–Crippen LogP) is 3.43. The lowest BCUT2D eigenvalue weighted by Gasteiger charge is -2.23. The third-order valence-electron chi connectivity index (χ3n) is 4.90. The molecule has 6 nitrogen and oxygen atoms in total. The normalized spacial score (nSPS) is 15.8. The van der Waals surface area contributed by atoms with Crippen LogP contribution in [0.25, 0.3) is 0 Å². The zero-order valence-corrected chi connectivity index (χ0v) is 17.5. The standard InChI is InChI=1S/C22H24N2O4S/c1-14-4-7-18(10-15(14)2)23-22(27)20-12-29-13-24(20)21(26)11-28-19-8-5-17(6-9-19)16(3)25/h4-10,20H,11-13H2,1-3H3,(H,23,27). The van der Waals surface area contributed by atoms with Gasteiger partial charge in [0.2, 0.25) is 5.91 Å². The second-order valence-corrected chi connectivity index (χ2v) is 8.04. The molecular formula is C22H24N2O4S. The molecule has 1 saturated heterocycles. The van der Waals surface area contributed by atoms with Crippen LogP contribution in [0.5, 0.6) is 5.75 Å². The minimum Gasteiger partial charge on any atom is -0.484 e. The van der Waals surface area contributed by atoms with Crippen molar-refractivity contribution >= 4 is 35.0 Å². The van der Waals surface area contributed by atoms with E-state index in [-0.39, 0.29) is 24.2 Å². The summed E-state index contributed by atoms with van der Waals surface area (Å²) in [5, 5.41) is 2.91. The van der Waals surface area contributed by atoms with Crippen molar-refractivity contribution in [2.24, 2.45) is 0 Å². The van der Waals surface area contributed by atoms with Crippen LogP contribution in [-0.2, 0) is 9.59 Å². The molecule has 29 heavy (non-hydrogen) atoms. The summed E-state index contributed by atoms with van der Waals surface area (Å²) in [6.45, 7) is 5.34. The average Bonchev–Trinajstić information content (AvgIpc) is 3.19. The van der Waals surface area contributed by atoms with E-state index < -0.39 is 6.04 Å². The van der Waals surface area contributed by atoms with Crippen molar-refractivity contribution in [1.82, 2.24) is 4.90 Å². The summed E-state index contributed by atoms with van der Waals surface area (Å²) in [4.78, 5) is 38.2. The number of carbonyl (C=O) groups excluding carboxylic acids is 3. The first-order valence-corrected chi connectivity index (χ1v) is 10.5. The number of hydrogen-bond donors (Lipinski definition) is 1. The summed E-state index contributed by atoms with van der Waals surface area (Å²) in [6, 6.07) is 11.9. The molecule has 2 aromatic rings. The topological polar surface area (TPSA) is 75.7 Å². The van der Waals surface area contributed by atoms with Gasteiger partial charge in [0.25, 0.3) is 5.91 Å². The molecular weight excluding hydrogens is 388 g/mol. The maximum atomic E-state index is 12.7. The van der Waals surface area contributed by atoms with E-state index in [2.05, 4.69) is 5.32 Å². The van der Waals surface area contributed by atoms with Crippen LogP contribution in [0.2, 0.25) is 0 Å². The molecule has 2 aromatic carbocycles. The average molecular weight is 413 g/mol. The van der Waals surface area contributed by atoms with E-state index in [4.69, 9.17) is 4.74 Å². The zero-order valence-electron chi connectivity index (χ0n) is 16.7. The van der Waals surface area contributed by atoms with E-state index in [0.717, 1.165) is 16.8 Å². The molecule has 1 atom stereocenters.